The molecule has 2 rings (SSSR count). The Hall–Kier alpha value is 0.350. The van der Waals surface area contributed by atoms with E-state index in [1.807, 2.05) is 0 Å². The third-order valence-electron chi connectivity index (χ3n) is 6.52. The summed E-state index contributed by atoms with van der Waals surface area (Å²) in [5.74, 6) is 1.80. The maximum atomic E-state index is 2.53. The van der Waals surface area contributed by atoms with Crippen molar-refractivity contribution < 1.29 is 0 Å². The smallest absolute Gasteiger partial charge is 0.0191 e. The minimum atomic E-state index is 0.480. The van der Waals surface area contributed by atoms with Gasteiger partial charge >= 0.3 is 0 Å². The van der Waals surface area contributed by atoms with E-state index in [-0.39, 0.29) is 0 Å². The highest BCUT2D eigenvalue weighted by Crippen LogP contribution is 2.63. The van der Waals surface area contributed by atoms with E-state index in [2.05, 4.69) is 60.2 Å². The van der Waals surface area contributed by atoms with E-state index in [1.165, 1.54) is 32.1 Å². The highest BCUT2D eigenvalue weighted by Gasteiger charge is 2.56. The van der Waals surface area contributed by atoms with Gasteiger partial charge in [-0.1, -0.05) is 54.4 Å². The minimum Gasteiger partial charge on any atom is -0.151 e. The topological polar surface area (TPSA) is 0 Å². The Kier molecular flexibility index (Phi) is 4.11. The first-order chi connectivity index (χ1) is 8.58. The fraction of sp³-hybridized carbons (Fsp3) is 1.00. The van der Waals surface area contributed by atoms with Crippen LogP contribution in [0.2, 0.25) is 0 Å². The van der Waals surface area contributed by atoms with Crippen LogP contribution in [0.15, 0.2) is 0 Å². The van der Waals surface area contributed by atoms with Crippen LogP contribution in [0.4, 0.5) is 0 Å². The van der Waals surface area contributed by atoms with Crippen molar-refractivity contribution in [1.29, 1.82) is 0 Å². The number of hydrogen-bond donors (Lipinski definition) is 0. The summed E-state index contributed by atoms with van der Waals surface area (Å²) in [6.45, 7) is 17.3. The number of rotatable bonds is 2. The summed E-state index contributed by atoms with van der Waals surface area (Å²) in [5, 5.41) is 0.894. The second-order valence-corrected chi connectivity index (χ2v) is 10.7. The van der Waals surface area contributed by atoms with Crippen LogP contribution in [0.25, 0.3) is 0 Å². The molecule has 0 N–H and O–H groups in total. The average Bonchev–Trinajstić information content (AvgIpc) is 2.28. The van der Waals surface area contributed by atoms with Crippen LogP contribution >= 0.6 is 11.8 Å². The van der Waals surface area contributed by atoms with Gasteiger partial charge in [0.15, 0.2) is 0 Å². The zero-order valence-corrected chi connectivity index (χ0v) is 15.0. The monoisotopic (exact) mass is 282 g/mol. The second-order valence-electron chi connectivity index (χ2n) is 8.97. The van der Waals surface area contributed by atoms with Gasteiger partial charge in [-0.05, 0) is 48.9 Å². The summed E-state index contributed by atoms with van der Waals surface area (Å²) in [5.41, 5.74) is 0.992. The molecule has 19 heavy (non-hydrogen) atoms. The molecular weight excluding hydrogens is 248 g/mol. The molecule has 2 fully saturated rings. The Morgan fingerprint density at radius 3 is 2.05 bits per heavy atom. The van der Waals surface area contributed by atoms with Crippen molar-refractivity contribution >= 4 is 11.8 Å². The third-order valence-corrected chi connectivity index (χ3v) is 8.60. The van der Waals surface area contributed by atoms with Gasteiger partial charge in [0.25, 0.3) is 0 Å². The zero-order chi connectivity index (χ0) is 14.5. The summed E-state index contributed by atoms with van der Waals surface area (Å²) in [6.07, 6.45) is 7.23. The van der Waals surface area contributed by atoms with Crippen molar-refractivity contribution in [3.8, 4) is 0 Å². The van der Waals surface area contributed by atoms with E-state index < -0.39 is 0 Å². The lowest BCUT2D eigenvalue weighted by atomic mass is 9.55. The van der Waals surface area contributed by atoms with E-state index in [0.717, 1.165) is 17.1 Å². The summed E-state index contributed by atoms with van der Waals surface area (Å²) >= 11 is 2.36. The van der Waals surface area contributed by atoms with E-state index >= 15 is 0 Å². The molecule has 0 aromatic heterocycles. The molecule has 0 heterocycles. The summed E-state index contributed by atoms with van der Waals surface area (Å²) < 4.78 is 0.512. The van der Waals surface area contributed by atoms with E-state index in [1.54, 1.807) is 0 Å². The van der Waals surface area contributed by atoms with Crippen molar-refractivity contribution in [3.05, 3.63) is 0 Å². The second kappa shape index (κ2) is 4.97. The van der Waals surface area contributed by atoms with Gasteiger partial charge < -0.3 is 0 Å². The van der Waals surface area contributed by atoms with Gasteiger partial charge in [0.2, 0.25) is 0 Å². The summed E-state index contributed by atoms with van der Waals surface area (Å²) in [4.78, 5) is 0. The molecule has 112 valence electrons. The van der Waals surface area contributed by atoms with Crippen molar-refractivity contribution in [1.82, 2.24) is 0 Å². The van der Waals surface area contributed by atoms with Crippen LogP contribution in [-0.4, -0.2) is 10.00 Å². The van der Waals surface area contributed by atoms with Crippen molar-refractivity contribution in [2.24, 2.45) is 22.7 Å². The number of thioether (sulfide) groups is 1. The molecule has 4 atom stereocenters. The summed E-state index contributed by atoms with van der Waals surface area (Å²) in [6, 6.07) is 0. The van der Waals surface area contributed by atoms with Gasteiger partial charge in [-0.2, -0.15) is 11.8 Å². The van der Waals surface area contributed by atoms with Crippen LogP contribution in [0, 0.1) is 22.7 Å². The summed E-state index contributed by atoms with van der Waals surface area (Å²) in [7, 11) is 0. The Morgan fingerprint density at radius 1 is 1.00 bits per heavy atom. The molecule has 2 saturated carbocycles. The van der Waals surface area contributed by atoms with E-state index in [0.29, 0.717) is 15.6 Å². The normalized spacial score (nSPS) is 42.8. The maximum absolute atomic E-state index is 2.53. The molecule has 1 heteroatoms. The van der Waals surface area contributed by atoms with Gasteiger partial charge in [0.1, 0.15) is 0 Å². The zero-order valence-electron chi connectivity index (χ0n) is 14.2. The predicted molar refractivity (Wildman–Crippen MR) is 88.8 cm³/mol. The lowest BCUT2D eigenvalue weighted by molar-refractivity contribution is 0.0342. The highest BCUT2D eigenvalue weighted by molar-refractivity contribution is 8.01. The molecule has 2 aliphatic carbocycles. The maximum Gasteiger partial charge on any atom is 0.0191 e. The van der Waals surface area contributed by atoms with Crippen LogP contribution < -0.4 is 0 Å². The molecule has 0 radical (unpaired) electrons. The van der Waals surface area contributed by atoms with Crippen LogP contribution in [0.1, 0.15) is 80.6 Å². The first-order valence-corrected chi connectivity index (χ1v) is 9.14. The fourth-order valence-electron chi connectivity index (χ4n) is 4.26. The molecule has 0 aromatic carbocycles. The minimum absolute atomic E-state index is 0.480. The lowest BCUT2D eigenvalue weighted by Crippen LogP contribution is -2.56. The molecule has 2 aliphatic rings. The SMILES string of the molecule is CC1CC(C)(SC2CCCCC2C(C)(C)C)C1(C)C. The quantitative estimate of drug-likeness (QED) is 0.585. The van der Waals surface area contributed by atoms with Gasteiger partial charge in [0.05, 0.1) is 0 Å². The third kappa shape index (κ3) is 2.74. The fourth-order valence-corrected chi connectivity index (χ4v) is 6.77. The first kappa shape index (κ1) is 15.7. The number of hydrogen-bond acceptors (Lipinski definition) is 1. The van der Waals surface area contributed by atoms with Gasteiger partial charge in [0, 0.05) is 10.00 Å². The van der Waals surface area contributed by atoms with E-state index in [4.69, 9.17) is 0 Å². The van der Waals surface area contributed by atoms with Gasteiger partial charge in [-0.25, -0.2) is 0 Å². The van der Waals surface area contributed by atoms with Crippen LogP contribution in [0.5, 0.6) is 0 Å². The average molecular weight is 283 g/mol. The predicted octanol–water partition coefficient (Wildman–Crippen LogP) is 6.15. The molecule has 0 nitrogen and oxygen atoms in total. The van der Waals surface area contributed by atoms with Crippen molar-refractivity contribution in [2.45, 2.75) is 90.6 Å². The molecule has 4 unspecified atom stereocenters. The Labute approximate surface area is 125 Å². The Morgan fingerprint density at radius 2 is 1.58 bits per heavy atom. The Bertz CT molecular complexity index is 325. The molecule has 0 bridgehead atoms. The molecule has 0 spiro atoms. The standard InChI is InChI=1S/C18H34S/c1-13-12-18(7,17(13,5)6)19-15-11-9-8-10-14(15)16(2,3)4/h13-15H,8-12H2,1-7H3. The largest absolute Gasteiger partial charge is 0.151 e. The van der Waals surface area contributed by atoms with E-state index in [9.17, 15) is 0 Å². The molecule has 0 saturated heterocycles. The van der Waals surface area contributed by atoms with Crippen molar-refractivity contribution in [2.75, 3.05) is 0 Å². The van der Waals surface area contributed by atoms with Crippen LogP contribution in [0.3, 0.4) is 0 Å². The van der Waals surface area contributed by atoms with Crippen molar-refractivity contribution in [3.63, 3.8) is 0 Å². The van der Waals surface area contributed by atoms with Crippen LogP contribution in [-0.2, 0) is 0 Å². The van der Waals surface area contributed by atoms with Gasteiger partial charge in [-0.3, -0.25) is 0 Å². The first-order valence-electron chi connectivity index (χ1n) is 8.26. The molecular formula is C18H34S. The van der Waals surface area contributed by atoms with Gasteiger partial charge in [-0.15, -0.1) is 0 Å². The lowest BCUT2D eigenvalue weighted by Gasteiger charge is -2.61. The molecule has 0 aliphatic heterocycles. The Balaban J connectivity index is 2.09. The molecule has 0 amide bonds. The highest BCUT2D eigenvalue weighted by atomic mass is 32.2. The molecule has 0 aromatic rings.